The molecular weight excluding hydrogens is 456 g/mol. The van der Waals surface area contributed by atoms with Gasteiger partial charge in [0.05, 0.1) is 23.2 Å². The van der Waals surface area contributed by atoms with Gasteiger partial charge < -0.3 is 9.47 Å². The molecule has 2 aliphatic rings. The number of esters is 1. The van der Waals surface area contributed by atoms with Crippen molar-refractivity contribution in [2.75, 3.05) is 11.5 Å². The normalized spacial score (nSPS) is 21.6. The van der Waals surface area contributed by atoms with Crippen LogP contribution in [0.3, 0.4) is 0 Å². The number of rotatable bonds is 5. The summed E-state index contributed by atoms with van der Waals surface area (Å²) in [5.74, 6) is -0.718. The Labute approximate surface area is 181 Å². The Morgan fingerprint density at radius 2 is 2.03 bits per heavy atom. The fourth-order valence-corrected chi connectivity index (χ4v) is 5.41. The highest BCUT2D eigenvalue weighted by molar-refractivity contribution is 7.91. The van der Waals surface area contributed by atoms with E-state index in [1.807, 2.05) is 0 Å². The van der Waals surface area contributed by atoms with Gasteiger partial charge in [-0.25, -0.2) is 22.9 Å². The molecule has 12 heteroatoms. The number of nitrogens with zero attached hydrogens (tertiary/aromatic N) is 3. The fraction of sp³-hybridized carbons (Fsp3) is 0.316. The molecule has 1 fully saturated rings. The number of cyclic esters (lactones) is 1. The molecule has 0 radical (unpaired) electrons. The number of aliphatic imine (C=N–C) groups is 1. The quantitative estimate of drug-likeness (QED) is 0.490. The van der Waals surface area contributed by atoms with Crippen LogP contribution in [0.2, 0.25) is 5.15 Å². The van der Waals surface area contributed by atoms with Gasteiger partial charge in [-0.2, -0.15) is 13.9 Å². The molecule has 0 saturated carbocycles. The molecule has 8 nitrogen and oxygen atoms in total. The number of carbonyl (C=O) groups excluding carboxylic acids is 1. The lowest BCUT2D eigenvalue weighted by Gasteiger charge is -2.09. The van der Waals surface area contributed by atoms with Gasteiger partial charge in [0, 0.05) is 11.1 Å². The maximum absolute atomic E-state index is 12.3. The smallest absolute Gasteiger partial charge is 0.387 e. The Hall–Kier alpha value is -2.79. The summed E-state index contributed by atoms with van der Waals surface area (Å²) < 4.78 is 59.0. The number of aromatic nitrogens is 2. The molecule has 0 bridgehead atoms. The Bertz CT molecular complexity index is 1210. The SMILES string of the molecule is Cc1nn([C@H]2CCS(=O)(=O)C2)c(Cl)c1/C=C1\N=C(c2ccc(OC(F)F)cc2)OC1=O. The predicted molar refractivity (Wildman–Crippen MR) is 108 cm³/mol. The lowest BCUT2D eigenvalue weighted by Crippen LogP contribution is -2.12. The molecule has 164 valence electrons. The first-order valence-corrected chi connectivity index (χ1v) is 11.4. The van der Waals surface area contributed by atoms with Crippen molar-refractivity contribution in [3.63, 3.8) is 0 Å². The number of sulfone groups is 1. The van der Waals surface area contributed by atoms with E-state index in [0.29, 0.717) is 23.2 Å². The molecule has 1 aromatic carbocycles. The van der Waals surface area contributed by atoms with Crippen molar-refractivity contribution in [1.82, 2.24) is 9.78 Å². The fourth-order valence-electron chi connectivity index (χ4n) is 3.35. The highest BCUT2D eigenvalue weighted by Gasteiger charge is 2.32. The van der Waals surface area contributed by atoms with E-state index in [9.17, 15) is 22.0 Å². The Morgan fingerprint density at radius 3 is 2.65 bits per heavy atom. The van der Waals surface area contributed by atoms with Crippen LogP contribution in [0.15, 0.2) is 35.0 Å². The standard InChI is InChI=1S/C19H16ClF2N3O5S/c1-10-14(16(20)25(24-10)12-6-7-31(27,28)9-12)8-15-18(26)30-17(23-15)11-2-4-13(5-3-11)29-19(21)22/h2-5,8,12,19H,6-7,9H2,1H3/b15-8-/t12-/m0/s1. The molecule has 4 rings (SSSR count). The third-order valence-corrected chi connectivity index (χ3v) is 6.98. The number of benzene rings is 1. The average molecular weight is 472 g/mol. The van der Waals surface area contributed by atoms with Crippen LogP contribution in [-0.2, 0) is 19.4 Å². The molecule has 0 unspecified atom stereocenters. The molecule has 0 amide bonds. The zero-order valence-corrected chi connectivity index (χ0v) is 17.7. The van der Waals surface area contributed by atoms with Gasteiger partial charge >= 0.3 is 12.6 Å². The van der Waals surface area contributed by atoms with Crippen molar-refractivity contribution in [3.8, 4) is 5.75 Å². The number of hydrogen-bond acceptors (Lipinski definition) is 7. The van der Waals surface area contributed by atoms with Gasteiger partial charge in [-0.05, 0) is 43.7 Å². The van der Waals surface area contributed by atoms with Crippen LogP contribution >= 0.6 is 11.6 Å². The monoisotopic (exact) mass is 471 g/mol. The predicted octanol–water partition coefficient (Wildman–Crippen LogP) is 3.15. The van der Waals surface area contributed by atoms with E-state index in [1.165, 1.54) is 35.0 Å². The van der Waals surface area contributed by atoms with Crippen LogP contribution in [0.1, 0.15) is 29.3 Å². The number of halogens is 3. The van der Waals surface area contributed by atoms with E-state index >= 15 is 0 Å². The van der Waals surface area contributed by atoms with Crippen LogP contribution in [0.4, 0.5) is 8.78 Å². The van der Waals surface area contributed by atoms with Crippen LogP contribution in [-0.4, -0.2) is 48.2 Å². The van der Waals surface area contributed by atoms with Gasteiger partial charge in [0.2, 0.25) is 5.90 Å². The van der Waals surface area contributed by atoms with E-state index in [4.69, 9.17) is 16.3 Å². The second-order valence-electron chi connectivity index (χ2n) is 7.03. The van der Waals surface area contributed by atoms with Crippen molar-refractivity contribution in [2.24, 2.45) is 4.99 Å². The lowest BCUT2D eigenvalue weighted by molar-refractivity contribution is -0.129. The van der Waals surface area contributed by atoms with Gasteiger partial charge in [-0.1, -0.05) is 11.6 Å². The molecule has 31 heavy (non-hydrogen) atoms. The molecule has 1 aromatic heterocycles. The maximum Gasteiger partial charge on any atom is 0.387 e. The summed E-state index contributed by atoms with van der Waals surface area (Å²) in [7, 11) is -3.12. The van der Waals surface area contributed by atoms with Crippen LogP contribution in [0.25, 0.3) is 6.08 Å². The minimum atomic E-state index is -3.12. The molecule has 3 heterocycles. The van der Waals surface area contributed by atoms with Gasteiger partial charge in [-0.15, -0.1) is 0 Å². The third-order valence-electron chi connectivity index (χ3n) is 4.85. The number of carbonyl (C=O) groups is 1. The zero-order valence-electron chi connectivity index (χ0n) is 16.1. The van der Waals surface area contributed by atoms with E-state index in [0.717, 1.165) is 0 Å². The molecule has 2 aliphatic heterocycles. The van der Waals surface area contributed by atoms with Crippen LogP contribution < -0.4 is 4.74 Å². The molecular formula is C19H16ClF2N3O5S. The molecule has 0 spiro atoms. The second-order valence-corrected chi connectivity index (χ2v) is 9.62. The van der Waals surface area contributed by atoms with Gasteiger partial charge in [0.25, 0.3) is 0 Å². The molecule has 1 atom stereocenters. The first kappa shape index (κ1) is 21.4. The van der Waals surface area contributed by atoms with Crippen molar-refractivity contribution >= 4 is 39.4 Å². The summed E-state index contributed by atoms with van der Waals surface area (Å²) in [5, 5.41) is 4.54. The van der Waals surface area contributed by atoms with E-state index in [-0.39, 0.29) is 40.0 Å². The second kappa shape index (κ2) is 8.04. The number of aryl methyl sites for hydroxylation is 1. The summed E-state index contributed by atoms with van der Waals surface area (Å²) in [5.41, 5.74) is 1.31. The Kier molecular flexibility index (Phi) is 5.56. The molecule has 0 aliphatic carbocycles. The van der Waals surface area contributed by atoms with E-state index in [1.54, 1.807) is 6.92 Å². The van der Waals surface area contributed by atoms with E-state index in [2.05, 4.69) is 14.8 Å². The van der Waals surface area contributed by atoms with Crippen LogP contribution in [0.5, 0.6) is 5.75 Å². The van der Waals surface area contributed by atoms with Crippen molar-refractivity contribution in [1.29, 1.82) is 0 Å². The third kappa shape index (κ3) is 4.47. The average Bonchev–Trinajstić information content (AvgIpc) is 3.33. The lowest BCUT2D eigenvalue weighted by atomic mass is 10.2. The van der Waals surface area contributed by atoms with Crippen LogP contribution in [0, 0.1) is 6.92 Å². The van der Waals surface area contributed by atoms with Crippen molar-refractivity contribution < 1.29 is 31.5 Å². The maximum atomic E-state index is 12.3. The minimum absolute atomic E-state index is 0.00269. The van der Waals surface area contributed by atoms with Gasteiger partial charge in [-0.3, -0.25) is 0 Å². The Balaban J connectivity index is 1.60. The van der Waals surface area contributed by atoms with Crippen molar-refractivity contribution in [2.45, 2.75) is 26.0 Å². The number of ether oxygens (including phenoxy) is 2. The van der Waals surface area contributed by atoms with E-state index < -0.39 is 22.4 Å². The van der Waals surface area contributed by atoms with Gasteiger partial charge in [0.15, 0.2) is 15.5 Å². The topological polar surface area (TPSA) is 99.8 Å². The Morgan fingerprint density at radius 1 is 1.32 bits per heavy atom. The zero-order chi connectivity index (χ0) is 22.3. The first-order valence-electron chi connectivity index (χ1n) is 9.16. The molecule has 1 saturated heterocycles. The summed E-state index contributed by atoms with van der Waals surface area (Å²) in [6.07, 6.45) is 1.84. The number of hydrogen-bond donors (Lipinski definition) is 0. The highest BCUT2D eigenvalue weighted by atomic mass is 35.5. The first-order chi connectivity index (χ1) is 14.6. The number of alkyl halides is 2. The summed E-state index contributed by atoms with van der Waals surface area (Å²) >= 11 is 6.43. The molecule has 2 aromatic rings. The summed E-state index contributed by atoms with van der Waals surface area (Å²) in [4.78, 5) is 16.4. The van der Waals surface area contributed by atoms with Crippen molar-refractivity contribution in [3.05, 3.63) is 51.9 Å². The largest absolute Gasteiger partial charge is 0.435 e. The summed E-state index contributed by atoms with van der Waals surface area (Å²) in [6, 6.07) is 5.11. The highest BCUT2D eigenvalue weighted by Crippen LogP contribution is 2.32. The molecule has 0 N–H and O–H groups in total. The summed E-state index contributed by atoms with van der Waals surface area (Å²) in [6.45, 7) is -1.26. The van der Waals surface area contributed by atoms with Gasteiger partial charge in [0.1, 0.15) is 10.9 Å². The minimum Gasteiger partial charge on any atom is -0.435 e.